The van der Waals surface area contributed by atoms with Gasteiger partial charge in [0.1, 0.15) is 6.61 Å². The lowest BCUT2D eigenvalue weighted by molar-refractivity contribution is -0.385. The number of esters is 1. The molecule has 0 atom stereocenters. The molecule has 2 rings (SSSR count). The van der Waals surface area contributed by atoms with Gasteiger partial charge in [-0.05, 0) is 17.7 Å². The highest BCUT2D eigenvalue weighted by Gasteiger charge is 2.18. The summed E-state index contributed by atoms with van der Waals surface area (Å²) in [5, 5.41) is 13.9. The van der Waals surface area contributed by atoms with Crippen LogP contribution in [0.3, 0.4) is 0 Å². The number of ether oxygens (including phenoxy) is 1. The Morgan fingerprint density at radius 1 is 1.17 bits per heavy atom. The van der Waals surface area contributed by atoms with Crippen molar-refractivity contribution in [3.8, 4) is 0 Å². The van der Waals surface area contributed by atoms with E-state index in [1.807, 2.05) is 30.3 Å². The highest BCUT2D eigenvalue weighted by molar-refractivity contribution is 5.95. The number of nitrogens with one attached hydrogen (secondary N) is 1. The highest BCUT2D eigenvalue weighted by Crippen LogP contribution is 2.21. The molecule has 1 amide bonds. The van der Waals surface area contributed by atoms with E-state index in [1.54, 1.807) is 0 Å². The molecule has 2 aromatic rings. The van der Waals surface area contributed by atoms with Crippen LogP contribution in [0.4, 0.5) is 5.69 Å². The van der Waals surface area contributed by atoms with E-state index in [1.165, 1.54) is 25.1 Å². The van der Waals surface area contributed by atoms with Gasteiger partial charge >= 0.3 is 5.97 Å². The van der Waals surface area contributed by atoms with E-state index in [-0.39, 0.29) is 23.4 Å². The quantitative estimate of drug-likeness (QED) is 0.499. The molecule has 1 N–H and O–H groups in total. The van der Waals surface area contributed by atoms with Crippen LogP contribution in [0.5, 0.6) is 0 Å². The molecule has 0 fully saturated rings. The summed E-state index contributed by atoms with van der Waals surface area (Å²) in [6.07, 6.45) is 0. The van der Waals surface area contributed by atoms with Crippen molar-refractivity contribution in [1.29, 1.82) is 0 Å². The molecule has 24 heavy (non-hydrogen) atoms. The zero-order chi connectivity index (χ0) is 17.5. The second-order valence-electron chi connectivity index (χ2n) is 5.05. The van der Waals surface area contributed by atoms with Gasteiger partial charge in [0.25, 0.3) is 11.6 Å². The summed E-state index contributed by atoms with van der Waals surface area (Å²) in [5.41, 5.74) is 1.06. The van der Waals surface area contributed by atoms with Crippen LogP contribution >= 0.6 is 0 Å². The van der Waals surface area contributed by atoms with Crippen molar-refractivity contribution in [1.82, 2.24) is 5.32 Å². The number of nitro benzene ring substituents is 1. The summed E-state index contributed by atoms with van der Waals surface area (Å²) in [7, 11) is 0. The van der Waals surface area contributed by atoms with Gasteiger partial charge in [-0.3, -0.25) is 19.7 Å². The van der Waals surface area contributed by atoms with Crippen LogP contribution in [0.2, 0.25) is 0 Å². The van der Waals surface area contributed by atoms with Crippen LogP contribution in [-0.4, -0.2) is 16.8 Å². The lowest BCUT2D eigenvalue weighted by atomic mass is 10.1. The maximum atomic E-state index is 12.2. The maximum Gasteiger partial charge on any atom is 0.302 e. The number of hydrogen-bond donors (Lipinski definition) is 1. The standard InChI is InChI=1S/C17H16N2O5/c1-12(20)24-11-15-8-7-14(9-16(15)19(22)23)17(21)18-10-13-5-3-2-4-6-13/h2-9H,10-11H2,1H3,(H,18,21). The van der Waals surface area contributed by atoms with Crippen LogP contribution in [0.25, 0.3) is 0 Å². The van der Waals surface area contributed by atoms with Gasteiger partial charge in [0.15, 0.2) is 0 Å². The number of carbonyl (C=O) groups is 2. The zero-order valence-electron chi connectivity index (χ0n) is 13.0. The van der Waals surface area contributed by atoms with E-state index in [9.17, 15) is 19.7 Å². The van der Waals surface area contributed by atoms with E-state index in [0.29, 0.717) is 6.54 Å². The molecule has 0 saturated heterocycles. The minimum atomic E-state index is -0.604. The average Bonchev–Trinajstić information content (AvgIpc) is 2.58. The molecule has 0 saturated carbocycles. The Hall–Kier alpha value is -3.22. The van der Waals surface area contributed by atoms with E-state index < -0.39 is 16.8 Å². The molecule has 0 heterocycles. The maximum absolute atomic E-state index is 12.2. The molecule has 0 radical (unpaired) electrons. The Balaban J connectivity index is 2.12. The first-order valence-corrected chi connectivity index (χ1v) is 7.20. The van der Waals surface area contributed by atoms with Crippen molar-refractivity contribution < 1.29 is 19.2 Å². The minimum absolute atomic E-state index is 0.171. The van der Waals surface area contributed by atoms with E-state index >= 15 is 0 Å². The number of hydrogen-bond acceptors (Lipinski definition) is 5. The molecule has 0 aliphatic carbocycles. The Morgan fingerprint density at radius 2 is 1.88 bits per heavy atom. The number of amides is 1. The van der Waals surface area contributed by atoms with Crippen molar-refractivity contribution in [2.75, 3.05) is 0 Å². The summed E-state index contributed by atoms with van der Waals surface area (Å²) in [5.74, 6) is -0.949. The van der Waals surface area contributed by atoms with E-state index in [4.69, 9.17) is 4.74 Å². The van der Waals surface area contributed by atoms with Crippen molar-refractivity contribution in [2.45, 2.75) is 20.1 Å². The normalized spacial score (nSPS) is 10.0. The summed E-state index contributed by atoms with van der Waals surface area (Å²) in [6, 6.07) is 13.4. The van der Waals surface area contributed by atoms with Gasteiger partial charge in [0, 0.05) is 25.1 Å². The summed E-state index contributed by atoms with van der Waals surface area (Å²) >= 11 is 0. The third kappa shape index (κ3) is 4.64. The van der Waals surface area contributed by atoms with Crippen molar-refractivity contribution in [3.05, 3.63) is 75.3 Å². The molecular formula is C17H16N2O5. The van der Waals surface area contributed by atoms with E-state index in [2.05, 4.69) is 5.32 Å². The third-order valence-electron chi connectivity index (χ3n) is 3.27. The molecular weight excluding hydrogens is 312 g/mol. The Kier molecular flexibility index (Phi) is 5.62. The number of benzene rings is 2. The van der Waals surface area contributed by atoms with Crippen LogP contribution in [0.1, 0.15) is 28.4 Å². The van der Waals surface area contributed by atoms with E-state index in [0.717, 1.165) is 5.56 Å². The van der Waals surface area contributed by atoms with Gasteiger partial charge in [-0.25, -0.2) is 0 Å². The molecule has 0 aliphatic heterocycles. The molecule has 7 heteroatoms. The Bertz CT molecular complexity index is 759. The molecule has 0 aliphatic rings. The molecule has 0 aromatic heterocycles. The molecule has 2 aromatic carbocycles. The number of nitrogens with zero attached hydrogens (tertiary/aromatic N) is 1. The number of nitro groups is 1. The Labute approximate surface area is 138 Å². The lowest BCUT2D eigenvalue weighted by Gasteiger charge is -2.08. The molecule has 0 spiro atoms. The van der Waals surface area contributed by atoms with Crippen LogP contribution < -0.4 is 5.32 Å². The van der Waals surface area contributed by atoms with Crippen molar-refractivity contribution >= 4 is 17.6 Å². The summed E-state index contributed by atoms with van der Waals surface area (Å²) < 4.78 is 4.78. The van der Waals surface area contributed by atoms with Gasteiger partial charge in [0.05, 0.1) is 10.5 Å². The first kappa shape index (κ1) is 17.1. The smallest absolute Gasteiger partial charge is 0.302 e. The van der Waals surface area contributed by atoms with Gasteiger partial charge < -0.3 is 10.1 Å². The topological polar surface area (TPSA) is 98.5 Å². The fraction of sp³-hybridized carbons (Fsp3) is 0.176. The first-order chi connectivity index (χ1) is 11.5. The number of rotatable bonds is 6. The SMILES string of the molecule is CC(=O)OCc1ccc(C(=O)NCc2ccccc2)cc1[N+](=O)[O-]. The predicted octanol–water partition coefficient (Wildman–Crippen LogP) is 2.59. The van der Waals surface area contributed by atoms with Gasteiger partial charge in [-0.2, -0.15) is 0 Å². The molecule has 124 valence electrons. The van der Waals surface area contributed by atoms with Crippen molar-refractivity contribution in [2.24, 2.45) is 0 Å². The van der Waals surface area contributed by atoms with Crippen molar-refractivity contribution in [3.63, 3.8) is 0 Å². The van der Waals surface area contributed by atoms with Crippen LogP contribution in [0.15, 0.2) is 48.5 Å². The third-order valence-corrected chi connectivity index (χ3v) is 3.27. The van der Waals surface area contributed by atoms with Gasteiger partial charge in [0.2, 0.25) is 0 Å². The predicted molar refractivity (Wildman–Crippen MR) is 86.2 cm³/mol. The fourth-order valence-corrected chi connectivity index (χ4v) is 2.06. The minimum Gasteiger partial charge on any atom is -0.461 e. The monoisotopic (exact) mass is 328 g/mol. The zero-order valence-corrected chi connectivity index (χ0v) is 13.0. The lowest BCUT2D eigenvalue weighted by Crippen LogP contribution is -2.23. The fourth-order valence-electron chi connectivity index (χ4n) is 2.06. The molecule has 0 unspecified atom stereocenters. The summed E-state index contributed by atoms with van der Waals surface area (Å²) in [6.45, 7) is 1.33. The molecule has 7 nitrogen and oxygen atoms in total. The summed E-state index contributed by atoms with van der Waals surface area (Å²) in [4.78, 5) is 33.5. The van der Waals surface area contributed by atoms with Crippen LogP contribution in [0, 0.1) is 10.1 Å². The van der Waals surface area contributed by atoms with Gasteiger partial charge in [-0.15, -0.1) is 0 Å². The highest BCUT2D eigenvalue weighted by atomic mass is 16.6. The van der Waals surface area contributed by atoms with Gasteiger partial charge in [-0.1, -0.05) is 30.3 Å². The Morgan fingerprint density at radius 3 is 2.50 bits per heavy atom. The largest absolute Gasteiger partial charge is 0.461 e. The second kappa shape index (κ2) is 7.87. The second-order valence-corrected chi connectivity index (χ2v) is 5.05. The average molecular weight is 328 g/mol. The number of carbonyl (C=O) groups excluding carboxylic acids is 2. The molecule has 0 bridgehead atoms. The van der Waals surface area contributed by atoms with Crippen LogP contribution in [-0.2, 0) is 22.7 Å². The first-order valence-electron chi connectivity index (χ1n) is 7.20.